The maximum absolute atomic E-state index is 12.0. The third-order valence-electron chi connectivity index (χ3n) is 10.6. The molecule has 6 aliphatic rings. The van der Waals surface area contributed by atoms with Crippen LogP contribution in [0.2, 0.25) is 0 Å². The zero-order valence-electron chi connectivity index (χ0n) is 21.8. The second-order valence-electron chi connectivity index (χ2n) is 11.8. The highest BCUT2D eigenvalue weighted by atomic mass is 79.9. The molecule has 12 unspecified atom stereocenters. The number of carboxylic acid groups (broad SMARTS) is 2. The van der Waals surface area contributed by atoms with E-state index in [4.69, 9.17) is 20.4 Å². The number of carbonyl (C=O) groups is 2. The zero-order valence-corrected chi connectivity index (χ0v) is 23.4. The summed E-state index contributed by atoms with van der Waals surface area (Å²) < 4.78 is 1.97. The van der Waals surface area contributed by atoms with Gasteiger partial charge in [-0.1, -0.05) is 29.8 Å². The predicted molar refractivity (Wildman–Crippen MR) is 140 cm³/mol. The van der Waals surface area contributed by atoms with Crippen LogP contribution in [0.3, 0.4) is 0 Å². The molecule has 38 heavy (non-hydrogen) atoms. The van der Waals surface area contributed by atoms with E-state index in [2.05, 4.69) is 59.9 Å². The Labute approximate surface area is 230 Å². The summed E-state index contributed by atoms with van der Waals surface area (Å²) in [4.78, 5) is 22.0. The summed E-state index contributed by atoms with van der Waals surface area (Å²) in [6, 6.07) is 7.75. The Morgan fingerprint density at radius 1 is 1.13 bits per heavy atom. The number of hydrogen-bond acceptors (Lipinski definition) is 7. The van der Waals surface area contributed by atoms with Gasteiger partial charge < -0.3 is 35.5 Å². The van der Waals surface area contributed by atoms with Crippen molar-refractivity contribution in [3.63, 3.8) is 0 Å². The van der Waals surface area contributed by atoms with Crippen LogP contribution in [0.25, 0.3) is 0 Å². The first-order valence-corrected chi connectivity index (χ1v) is 14.3. The maximum Gasteiger partial charge on any atom is 0.335 e. The third-order valence-corrected chi connectivity index (χ3v) is 11.1. The second kappa shape index (κ2) is 9.42. The van der Waals surface area contributed by atoms with Gasteiger partial charge >= 0.3 is 11.9 Å². The molecule has 1 aromatic carbocycles. The molecular formula is C27H38BrN2O8+. The lowest BCUT2D eigenvalue weighted by atomic mass is 9.60. The van der Waals surface area contributed by atoms with E-state index in [1.807, 2.05) is 0 Å². The Morgan fingerprint density at radius 2 is 1.76 bits per heavy atom. The summed E-state index contributed by atoms with van der Waals surface area (Å²) in [5.74, 6) is -2.40. The summed E-state index contributed by atoms with van der Waals surface area (Å²) >= 11 is 3.69. The molecule has 11 heteroatoms. The van der Waals surface area contributed by atoms with Gasteiger partial charge in [0.15, 0.2) is 18.4 Å². The molecule has 1 aliphatic carbocycles. The normalized spacial score (nSPS) is 42.7. The quantitative estimate of drug-likeness (QED) is 0.264. The van der Waals surface area contributed by atoms with Gasteiger partial charge in [0.05, 0.1) is 30.1 Å². The molecule has 0 aromatic heterocycles. The number of carboxylic acids is 2. The molecule has 6 N–H and O–H groups in total. The van der Waals surface area contributed by atoms with Crippen LogP contribution in [-0.2, 0) is 15.0 Å². The number of rotatable bonds is 6. The van der Waals surface area contributed by atoms with Gasteiger partial charge in [-0.05, 0) is 42.5 Å². The smallest absolute Gasteiger partial charge is 0.335 e. The number of piperidine rings is 4. The molecule has 0 amide bonds. The van der Waals surface area contributed by atoms with E-state index in [1.54, 1.807) is 0 Å². The van der Waals surface area contributed by atoms with Crippen molar-refractivity contribution in [3.05, 3.63) is 28.2 Å². The molecule has 5 fully saturated rings. The lowest BCUT2D eigenvalue weighted by Crippen LogP contribution is -2.83. The Balaban J connectivity index is 0.000000253. The topological polar surface area (TPSA) is 159 Å². The molecule has 7 rings (SSSR count). The number of quaternary nitrogens is 1. The molecule has 12 atom stereocenters. The fraction of sp³-hybridized carbons (Fsp3) is 0.704. The average Bonchev–Trinajstić information content (AvgIpc) is 3.25. The highest BCUT2D eigenvalue weighted by Gasteiger charge is 2.82. The van der Waals surface area contributed by atoms with Crippen molar-refractivity contribution < 1.29 is 44.7 Å². The van der Waals surface area contributed by atoms with E-state index in [9.17, 15) is 19.8 Å². The number of aliphatic hydroxyl groups excluding tert-OH is 4. The van der Waals surface area contributed by atoms with Crippen LogP contribution in [0.4, 0.5) is 5.69 Å². The Bertz CT molecular complexity index is 1120. The molecule has 0 radical (unpaired) electrons. The highest BCUT2D eigenvalue weighted by molar-refractivity contribution is 9.10. The van der Waals surface area contributed by atoms with Crippen LogP contribution in [0.15, 0.2) is 22.7 Å². The standard InChI is InChI=1S/C23H32BrN2O2.C4H6O6/c1-4-8-26-17-10-14(13(5-2)22(26)28)19-18(26)11-23(21(19)27)15-9-12(24)6-7-16(15)25(3)20(17)23;5-1(3(7)8)2(6)4(9)10/h6-7,9,13-14,17-22,27-28H,4-5,8,10-11H2,1-3H3;1-2,5-6H,(H,7,8)(H,9,10)/q+1;. The average molecular weight is 599 g/mol. The first kappa shape index (κ1) is 27.8. The van der Waals surface area contributed by atoms with E-state index >= 15 is 0 Å². The minimum absolute atomic E-state index is 0.166. The minimum Gasteiger partial charge on any atom is -0.479 e. The molecule has 210 valence electrons. The molecule has 5 heterocycles. The van der Waals surface area contributed by atoms with Crippen molar-refractivity contribution in [1.29, 1.82) is 0 Å². The first-order chi connectivity index (χ1) is 17.9. The van der Waals surface area contributed by atoms with E-state index < -0.39 is 24.1 Å². The Kier molecular flexibility index (Phi) is 6.89. The number of benzene rings is 1. The van der Waals surface area contributed by atoms with E-state index in [0.29, 0.717) is 29.8 Å². The number of likely N-dealkylation sites (N-methyl/N-ethyl adjacent to an activating group) is 1. The monoisotopic (exact) mass is 597 g/mol. The molecule has 5 aliphatic heterocycles. The highest BCUT2D eigenvalue weighted by Crippen LogP contribution is 2.71. The molecular weight excluding hydrogens is 560 g/mol. The molecule has 1 saturated carbocycles. The van der Waals surface area contributed by atoms with Gasteiger partial charge in [0.2, 0.25) is 0 Å². The number of hydrogen-bond donors (Lipinski definition) is 6. The van der Waals surface area contributed by atoms with Crippen LogP contribution in [0, 0.1) is 17.8 Å². The summed E-state index contributed by atoms with van der Waals surface area (Å²) in [6.45, 7) is 5.54. The zero-order chi connectivity index (χ0) is 27.9. The van der Waals surface area contributed by atoms with E-state index in [1.165, 1.54) is 17.7 Å². The molecule has 1 aromatic rings. The van der Waals surface area contributed by atoms with Crippen LogP contribution < -0.4 is 4.90 Å². The summed E-state index contributed by atoms with van der Waals surface area (Å²) in [5.41, 5.74) is 2.47. The summed E-state index contributed by atoms with van der Waals surface area (Å²) in [5, 5.41) is 56.2. The van der Waals surface area contributed by atoms with E-state index in [0.717, 1.165) is 34.8 Å². The molecule has 5 bridgehead atoms. The van der Waals surface area contributed by atoms with Crippen molar-refractivity contribution in [1.82, 2.24) is 0 Å². The largest absolute Gasteiger partial charge is 0.479 e. The molecule has 4 saturated heterocycles. The predicted octanol–water partition coefficient (Wildman–Crippen LogP) is 1.12. The molecule has 1 spiro atoms. The van der Waals surface area contributed by atoms with Crippen molar-refractivity contribution >= 4 is 33.6 Å². The number of aliphatic carboxylic acids is 2. The number of halogens is 1. The van der Waals surface area contributed by atoms with Crippen molar-refractivity contribution in [2.75, 3.05) is 18.5 Å². The lowest BCUT2D eigenvalue weighted by molar-refractivity contribution is -1.04. The van der Waals surface area contributed by atoms with Gasteiger partial charge in [-0.3, -0.25) is 4.48 Å². The van der Waals surface area contributed by atoms with Gasteiger partial charge in [0.25, 0.3) is 0 Å². The first-order valence-electron chi connectivity index (χ1n) is 13.5. The van der Waals surface area contributed by atoms with Crippen molar-refractivity contribution in [2.45, 2.75) is 87.6 Å². The van der Waals surface area contributed by atoms with Gasteiger partial charge in [0, 0.05) is 41.9 Å². The van der Waals surface area contributed by atoms with Crippen molar-refractivity contribution in [3.8, 4) is 0 Å². The Hall–Kier alpha value is -1.76. The fourth-order valence-electron chi connectivity index (χ4n) is 9.51. The van der Waals surface area contributed by atoms with Gasteiger partial charge in [-0.2, -0.15) is 0 Å². The fourth-order valence-corrected chi connectivity index (χ4v) is 9.87. The number of fused-ring (bicyclic) bond motifs is 2. The minimum atomic E-state index is -2.27. The SMILES string of the molecule is CCC[N+]12C(O)C(CC)C3CC1C1N(C)c4ccc(Br)cc4C14CC2C3C4O.O=C(O)C(O)C(O)C(=O)O. The summed E-state index contributed by atoms with van der Waals surface area (Å²) in [7, 11) is 2.23. The lowest BCUT2D eigenvalue weighted by Gasteiger charge is -2.68. The van der Waals surface area contributed by atoms with Gasteiger partial charge in [-0.15, -0.1) is 0 Å². The van der Waals surface area contributed by atoms with Crippen molar-refractivity contribution in [2.24, 2.45) is 17.8 Å². The van der Waals surface area contributed by atoms with Gasteiger partial charge in [0.1, 0.15) is 6.04 Å². The van der Waals surface area contributed by atoms with E-state index in [-0.39, 0.29) is 23.8 Å². The van der Waals surface area contributed by atoms with Crippen LogP contribution in [0.1, 0.15) is 45.1 Å². The van der Waals surface area contributed by atoms with Gasteiger partial charge in [-0.25, -0.2) is 9.59 Å². The van der Waals surface area contributed by atoms with Crippen LogP contribution in [0.5, 0.6) is 0 Å². The number of anilines is 1. The molecule has 10 nitrogen and oxygen atoms in total. The third kappa shape index (κ3) is 3.35. The van der Waals surface area contributed by atoms with Crippen LogP contribution in [-0.4, -0.2) is 103 Å². The second-order valence-corrected chi connectivity index (χ2v) is 12.7. The maximum atomic E-state index is 12.0. The summed E-state index contributed by atoms with van der Waals surface area (Å²) in [6.07, 6.45) is -0.785. The number of nitrogens with zero attached hydrogens (tertiary/aromatic N) is 2. The van der Waals surface area contributed by atoms with Crippen LogP contribution >= 0.6 is 15.9 Å². The number of aliphatic hydroxyl groups is 4. The Morgan fingerprint density at radius 3 is 2.32 bits per heavy atom.